The molecule has 4 heteroatoms. The molecule has 15 heavy (non-hydrogen) atoms. The molecule has 0 bridgehead atoms. The van der Waals surface area contributed by atoms with Crippen LogP contribution in [-0.2, 0) is 5.41 Å². The maximum atomic E-state index is 10.7. The molecule has 0 radical (unpaired) electrons. The van der Waals surface area contributed by atoms with Crippen molar-refractivity contribution in [3.05, 3.63) is 29.3 Å². The van der Waals surface area contributed by atoms with Gasteiger partial charge in [0.15, 0.2) is 0 Å². The Hall–Kier alpha value is -1.22. The molecule has 3 nitrogen and oxygen atoms in total. The normalized spacial score (nSPS) is 10.6. The molecule has 0 saturated heterocycles. The highest BCUT2D eigenvalue weighted by atomic mass is 35.5. The fourth-order valence-corrected chi connectivity index (χ4v) is 1.38. The van der Waals surface area contributed by atoms with Gasteiger partial charge in [-0.1, -0.05) is 26.8 Å². The number of nitrogens with two attached hydrogens (primary N) is 1. The summed E-state index contributed by atoms with van der Waals surface area (Å²) in [5.41, 5.74) is 7.47. The van der Waals surface area contributed by atoms with Crippen molar-refractivity contribution >= 4 is 24.1 Å². The van der Waals surface area contributed by atoms with Crippen LogP contribution in [0.15, 0.2) is 18.2 Å². The van der Waals surface area contributed by atoms with Gasteiger partial charge in [0.05, 0.1) is 5.56 Å². The van der Waals surface area contributed by atoms with Gasteiger partial charge in [0, 0.05) is 5.69 Å². The first-order valence-electron chi connectivity index (χ1n) is 4.45. The molecule has 0 aromatic heterocycles. The van der Waals surface area contributed by atoms with E-state index in [1.807, 2.05) is 20.8 Å². The fraction of sp³-hybridized carbons (Fsp3) is 0.364. The molecule has 1 rings (SSSR count). The van der Waals surface area contributed by atoms with Gasteiger partial charge in [0.2, 0.25) is 0 Å². The van der Waals surface area contributed by atoms with Gasteiger partial charge in [0.1, 0.15) is 0 Å². The number of rotatable bonds is 1. The second-order valence-electron chi connectivity index (χ2n) is 4.36. The van der Waals surface area contributed by atoms with Gasteiger partial charge in [0.25, 0.3) is 0 Å². The van der Waals surface area contributed by atoms with Gasteiger partial charge in [-0.2, -0.15) is 0 Å². The summed E-state index contributed by atoms with van der Waals surface area (Å²) >= 11 is 0. The topological polar surface area (TPSA) is 63.3 Å². The maximum Gasteiger partial charge on any atom is 0.335 e. The number of hydrogen-bond donors (Lipinski definition) is 2. The highest BCUT2D eigenvalue weighted by Gasteiger charge is 2.17. The van der Waals surface area contributed by atoms with Crippen molar-refractivity contribution in [1.29, 1.82) is 0 Å². The first kappa shape index (κ1) is 13.8. The lowest BCUT2D eigenvalue weighted by molar-refractivity contribution is 0.0697. The van der Waals surface area contributed by atoms with Crippen LogP contribution in [0.1, 0.15) is 36.7 Å². The van der Waals surface area contributed by atoms with Crippen LogP contribution in [0.5, 0.6) is 0 Å². The van der Waals surface area contributed by atoms with Crippen LogP contribution >= 0.6 is 12.4 Å². The lowest BCUT2D eigenvalue weighted by Crippen LogP contribution is -2.14. The number of carboxylic acids is 1. The monoisotopic (exact) mass is 229 g/mol. The zero-order chi connectivity index (χ0) is 10.9. The van der Waals surface area contributed by atoms with Crippen molar-refractivity contribution in [2.24, 2.45) is 0 Å². The van der Waals surface area contributed by atoms with Gasteiger partial charge in [-0.15, -0.1) is 12.4 Å². The van der Waals surface area contributed by atoms with Crippen molar-refractivity contribution in [2.75, 3.05) is 5.73 Å². The smallest absolute Gasteiger partial charge is 0.335 e. The van der Waals surface area contributed by atoms with E-state index < -0.39 is 5.97 Å². The minimum atomic E-state index is -0.947. The highest BCUT2D eigenvalue weighted by molar-refractivity contribution is 5.89. The van der Waals surface area contributed by atoms with Crippen LogP contribution in [0.3, 0.4) is 0 Å². The largest absolute Gasteiger partial charge is 0.478 e. The fourth-order valence-electron chi connectivity index (χ4n) is 1.38. The van der Waals surface area contributed by atoms with Gasteiger partial charge < -0.3 is 10.8 Å². The standard InChI is InChI=1S/C11H15NO2.ClH/c1-11(2,3)8-5-4-7(10(13)14)6-9(8)12;/h4-6H,12H2,1-3H3,(H,13,14);1H. The molecule has 0 fully saturated rings. The third kappa shape index (κ3) is 3.13. The number of halogens is 1. The van der Waals surface area contributed by atoms with Crippen LogP contribution < -0.4 is 5.73 Å². The molecule has 0 heterocycles. The Labute approximate surface area is 95.7 Å². The molecule has 0 amide bonds. The Kier molecular flexibility index (Phi) is 4.16. The number of benzene rings is 1. The Balaban J connectivity index is 0.00000196. The summed E-state index contributed by atoms with van der Waals surface area (Å²) in [6.07, 6.45) is 0. The third-order valence-electron chi connectivity index (χ3n) is 2.11. The summed E-state index contributed by atoms with van der Waals surface area (Å²) in [4.78, 5) is 10.7. The van der Waals surface area contributed by atoms with Crippen LogP contribution in [0.2, 0.25) is 0 Å². The van der Waals surface area contributed by atoms with E-state index in [0.29, 0.717) is 5.69 Å². The second kappa shape index (κ2) is 4.53. The second-order valence-corrected chi connectivity index (χ2v) is 4.36. The molecule has 0 spiro atoms. The SMILES string of the molecule is CC(C)(C)c1ccc(C(=O)O)cc1N.Cl. The van der Waals surface area contributed by atoms with Gasteiger partial charge in [-0.3, -0.25) is 0 Å². The molecular formula is C11H16ClNO2. The van der Waals surface area contributed by atoms with Crippen molar-refractivity contribution in [1.82, 2.24) is 0 Å². The summed E-state index contributed by atoms with van der Waals surface area (Å²) in [6, 6.07) is 4.86. The Morgan fingerprint density at radius 3 is 2.20 bits per heavy atom. The van der Waals surface area contributed by atoms with E-state index in [1.165, 1.54) is 6.07 Å². The maximum absolute atomic E-state index is 10.7. The van der Waals surface area contributed by atoms with Gasteiger partial charge in [-0.05, 0) is 23.1 Å². The molecule has 1 aromatic carbocycles. The summed E-state index contributed by atoms with van der Waals surface area (Å²) < 4.78 is 0. The number of carbonyl (C=O) groups is 1. The number of nitrogen functional groups attached to an aromatic ring is 1. The summed E-state index contributed by atoms with van der Waals surface area (Å²) in [6.45, 7) is 6.12. The molecule has 0 aliphatic carbocycles. The van der Waals surface area contributed by atoms with E-state index in [0.717, 1.165) is 5.56 Å². The number of anilines is 1. The quantitative estimate of drug-likeness (QED) is 0.728. The molecule has 0 saturated carbocycles. The predicted octanol–water partition coefficient (Wildman–Crippen LogP) is 2.69. The molecular weight excluding hydrogens is 214 g/mol. The minimum Gasteiger partial charge on any atom is -0.478 e. The Bertz CT molecular complexity index is 369. The zero-order valence-corrected chi connectivity index (χ0v) is 9.89. The van der Waals surface area contributed by atoms with Crippen LogP contribution in [0, 0.1) is 0 Å². The first-order valence-corrected chi connectivity index (χ1v) is 4.45. The lowest BCUT2D eigenvalue weighted by atomic mass is 9.85. The van der Waals surface area contributed by atoms with E-state index in [9.17, 15) is 4.79 Å². The third-order valence-corrected chi connectivity index (χ3v) is 2.11. The Morgan fingerprint density at radius 2 is 1.87 bits per heavy atom. The van der Waals surface area contributed by atoms with Crippen LogP contribution in [-0.4, -0.2) is 11.1 Å². The summed E-state index contributed by atoms with van der Waals surface area (Å²) in [5.74, 6) is -0.947. The van der Waals surface area contributed by atoms with Crippen molar-refractivity contribution in [3.63, 3.8) is 0 Å². The number of hydrogen-bond acceptors (Lipinski definition) is 2. The van der Waals surface area contributed by atoms with Gasteiger partial charge in [-0.25, -0.2) is 4.79 Å². The van der Waals surface area contributed by atoms with E-state index in [4.69, 9.17) is 10.8 Å². The summed E-state index contributed by atoms with van der Waals surface area (Å²) in [7, 11) is 0. The van der Waals surface area contributed by atoms with Crippen molar-refractivity contribution < 1.29 is 9.90 Å². The predicted molar refractivity (Wildman–Crippen MR) is 63.8 cm³/mol. The first-order chi connectivity index (χ1) is 6.32. The van der Waals surface area contributed by atoms with E-state index in [2.05, 4.69) is 0 Å². The van der Waals surface area contributed by atoms with E-state index >= 15 is 0 Å². The molecule has 0 aliphatic rings. The molecule has 0 atom stereocenters. The highest BCUT2D eigenvalue weighted by Crippen LogP contribution is 2.28. The van der Waals surface area contributed by atoms with E-state index in [1.54, 1.807) is 12.1 Å². The van der Waals surface area contributed by atoms with Gasteiger partial charge >= 0.3 is 5.97 Å². The van der Waals surface area contributed by atoms with Crippen molar-refractivity contribution in [2.45, 2.75) is 26.2 Å². The van der Waals surface area contributed by atoms with E-state index in [-0.39, 0.29) is 23.4 Å². The lowest BCUT2D eigenvalue weighted by Gasteiger charge is -2.21. The number of aromatic carboxylic acids is 1. The average Bonchev–Trinajstić information content (AvgIpc) is 2.01. The van der Waals surface area contributed by atoms with Crippen LogP contribution in [0.4, 0.5) is 5.69 Å². The zero-order valence-electron chi connectivity index (χ0n) is 9.07. The molecule has 1 aromatic rings. The molecule has 0 aliphatic heterocycles. The molecule has 84 valence electrons. The summed E-state index contributed by atoms with van der Waals surface area (Å²) in [5, 5.41) is 8.75. The van der Waals surface area contributed by atoms with Crippen molar-refractivity contribution in [3.8, 4) is 0 Å². The average molecular weight is 230 g/mol. The Morgan fingerprint density at radius 1 is 1.33 bits per heavy atom. The van der Waals surface area contributed by atoms with Crippen LogP contribution in [0.25, 0.3) is 0 Å². The molecule has 3 N–H and O–H groups in total. The number of carboxylic acid groups (broad SMARTS) is 1. The minimum absolute atomic E-state index is 0. The molecule has 0 unspecified atom stereocenters.